The molecule has 0 aliphatic carbocycles. The summed E-state index contributed by atoms with van der Waals surface area (Å²) in [6, 6.07) is 9.92. The SMILES string of the molecule is CC(O)CCCCOc1ccc2cccnc2c1. The Kier molecular flexibility index (Phi) is 4.53. The molecular weight excluding hydrogens is 226 g/mol. The van der Waals surface area contributed by atoms with Gasteiger partial charge >= 0.3 is 0 Å². The van der Waals surface area contributed by atoms with E-state index in [1.165, 1.54) is 0 Å². The van der Waals surface area contributed by atoms with E-state index in [1.807, 2.05) is 37.3 Å². The standard InChI is InChI=1S/C15H19NO2/c1-12(17)5-2-3-10-18-14-8-7-13-6-4-9-16-15(13)11-14/h4,6-9,11-12,17H,2-3,5,10H2,1H3. The molecule has 0 saturated carbocycles. The molecule has 18 heavy (non-hydrogen) atoms. The molecule has 2 rings (SSSR count). The molecule has 0 aliphatic rings. The van der Waals surface area contributed by atoms with Crippen molar-refractivity contribution in [2.75, 3.05) is 6.61 Å². The third-order valence-corrected chi connectivity index (χ3v) is 2.86. The van der Waals surface area contributed by atoms with Gasteiger partial charge in [0, 0.05) is 17.6 Å². The first kappa shape index (κ1) is 12.8. The summed E-state index contributed by atoms with van der Waals surface area (Å²) in [6.45, 7) is 2.50. The number of aliphatic hydroxyl groups is 1. The Hall–Kier alpha value is -1.61. The molecule has 0 saturated heterocycles. The number of aliphatic hydroxyl groups excluding tert-OH is 1. The number of benzene rings is 1. The van der Waals surface area contributed by atoms with Crippen LogP contribution in [-0.4, -0.2) is 22.8 Å². The predicted octanol–water partition coefficient (Wildman–Crippen LogP) is 3.16. The van der Waals surface area contributed by atoms with Gasteiger partial charge in [0.2, 0.25) is 0 Å². The minimum absolute atomic E-state index is 0.213. The lowest BCUT2D eigenvalue weighted by Gasteiger charge is -2.07. The quantitative estimate of drug-likeness (QED) is 0.795. The van der Waals surface area contributed by atoms with Crippen LogP contribution in [0.25, 0.3) is 10.9 Å². The topological polar surface area (TPSA) is 42.4 Å². The maximum Gasteiger partial charge on any atom is 0.121 e. The van der Waals surface area contributed by atoms with Crippen molar-refractivity contribution in [2.45, 2.75) is 32.3 Å². The number of fused-ring (bicyclic) bond motifs is 1. The highest BCUT2D eigenvalue weighted by molar-refractivity contribution is 5.79. The molecule has 2 aromatic rings. The lowest BCUT2D eigenvalue weighted by molar-refractivity contribution is 0.177. The Labute approximate surface area is 107 Å². The average molecular weight is 245 g/mol. The highest BCUT2D eigenvalue weighted by Crippen LogP contribution is 2.18. The fourth-order valence-corrected chi connectivity index (χ4v) is 1.87. The average Bonchev–Trinajstić information content (AvgIpc) is 2.38. The summed E-state index contributed by atoms with van der Waals surface area (Å²) >= 11 is 0. The normalized spacial score (nSPS) is 12.6. The fourth-order valence-electron chi connectivity index (χ4n) is 1.87. The van der Waals surface area contributed by atoms with Gasteiger partial charge in [0.25, 0.3) is 0 Å². The van der Waals surface area contributed by atoms with Crippen LogP contribution in [0.5, 0.6) is 5.75 Å². The number of ether oxygens (including phenoxy) is 1. The number of unbranched alkanes of at least 4 members (excludes halogenated alkanes) is 1. The van der Waals surface area contributed by atoms with Crippen molar-refractivity contribution in [1.82, 2.24) is 4.98 Å². The molecule has 0 bridgehead atoms. The van der Waals surface area contributed by atoms with E-state index in [4.69, 9.17) is 9.84 Å². The van der Waals surface area contributed by atoms with E-state index in [2.05, 4.69) is 4.98 Å². The molecular formula is C15H19NO2. The largest absolute Gasteiger partial charge is 0.494 e. The first-order valence-corrected chi connectivity index (χ1v) is 6.41. The Morgan fingerprint density at radius 2 is 2.17 bits per heavy atom. The molecule has 1 atom stereocenters. The summed E-state index contributed by atoms with van der Waals surface area (Å²) in [7, 11) is 0. The maximum absolute atomic E-state index is 9.14. The van der Waals surface area contributed by atoms with E-state index < -0.39 is 0 Å². The first-order valence-electron chi connectivity index (χ1n) is 6.41. The zero-order valence-electron chi connectivity index (χ0n) is 10.7. The van der Waals surface area contributed by atoms with E-state index in [0.717, 1.165) is 35.9 Å². The van der Waals surface area contributed by atoms with Crippen LogP contribution in [0.1, 0.15) is 26.2 Å². The molecule has 96 valence electrons. The highest BCUT2D eigenvalue weighted by Gasteiger charge is 1.99. The minimum atomic E-state index is -0.213. The van der Waals surface area contributed by atoms with E-state index in [-0.39, 0.29) is 6.10 Å². The number of nitrogens with zero attached hydrogens (tertiary/aromatic N) is 1. The molecule has 0 fully saturated rings. The Bertz CT molecular complexity index is 497. The second-order valence-electron chi connectivity index (χ2n) is 4.55. The molecule has 0 spiro atoms. The minimum Gasteiger partial charge on any atom is -0.494 e. The van der Waals surface area contributed by atoms with Crippen LogP contribution in [0.3, 0.4) is 0 Å². The van der Waals surface area contributed by atoms with Crippen LogP contribution in [-0.2, 0) is 0 Å². The lowest BCUT2D eigenvalue weighted by atomic mass is 10.2. The second kappa shape index (κ2) is 6.36. The molecule has 1 aromatic heterocycles. The number of pyridine rings is 1. The summed E-state index contributed by atoms with van der Waals surface area (Å²) in [5.74, 6) is 0.859. The van der Waals surface area contributed by atoms with Crippen molar-refractivity contribution in [3.05, 3.63) is 36.5 Å². The van der Waals surface area contributed by atoms with Crippen LogP contribution >= 0.6 is 0 Å². The Balaban J connectivity index is 1.84. The zero-order chi connectivity index (χ0) is 12.8. The van der Waals surface area contributed by atoms with Crippen LogP contribution in [0.4, 0.5) is 0 Å². The van der Waals surface area contributed by atoms with Gasteiger partial charge in [-0.25, -0.2) is 0 Å². The predicted molar refractivity (Wildman–Crippen MR) is 72.8 cm³/mol. The second-order valence-corrected chi connectivity index (χ2v) is 4.55. The molecule has 1 aromatic carbocycles. The molecule has 0 aliphatic heterocycles. The summed E-state index contributed by atoms with van der Waals surface area (Å²) in [5, 5.41) is 10.3. The molecule has 1 N–H and O–H groups in total. The van der Waals surface area contributed by atoms with Crippen molar-refractivity contribution in [3.63, 3.8) is 0 Å². The third-order valence-electron chi connectivity index (χ3n) is 2.86. The van der Waals surface area contributed by atoms with Crippen LogP contribution in [0.15, 0.2) is 36.5 Å². The maximum atomic E-state index is 9.14. The van der Waals surface area contributed by atoms with Gasteiger partial charge in [-0.05, 0) is 44.4 Å². The number of aromatic nitrogens is 1. The van der Waals surface area contributed by atoms with E-state index in [9.17, 15) is 0 Å². The monoisotopic (exact) mass is 245 g/mol. The van der Waals surface area contributed by atoms with E-state index in [1.54, 1.807) is 6.20 Å². The van der Waals surface area contributed by atoms with Crippen LogP contribution in [0.2, 0.25) is 0 Å². The fraction of sp³-hybridized carbons (Fsp3) is 0.400. The summed E-state index contributed by atoms with van der Waals surface area (Å²) in [5.41, 5.74) is 0.957. The van der Waals surface area contributed by atoms with Gasteiger partial charge in [-0.3, -0.25) is 4.98 Å². The van der Waals surface area contributed by atoms with Gasteiger partial charge < -0.3 is 9.84 Å². The Morgan fingerprint density at radius 3 is 3.00 bits per heavy atom. The summed E-state index contributed by atoms with van der Waals surface area (Å²) in [6.07, 6.45) is 4.36. The smallest absolute Gasteiger partial charge is 0.121 e. The van der Waals surface area contributed by atoms with Gasteiger partial charge in [0.15, 0.2) is 0 Å². The number of hydrogen-bond donors (Lipinski definition) is 1. The van der Waals surface area contributed by atoms with Gasteiger partial charge in [0.05, 0.1) is 18.2 Å². The molecule has 1 heterocycles. The summed E-state index contributed by atoms with van der Waals surface area (Å²) in [4.78, 5) is 4.30. The van der Waals surface area contributed by atoms with Crippen molar-refractivity contribution in [3.8, 4) is 5.75 Å². The van der Waals surface area contributed by atoms with Crippen molar-refractivity contribution >= 4 is 10.9 Å². The number of rotatable bonds is 6. The van der Waals surface area contributed by atoms with Gasteiger partial charge in [-0.1, -0.05) is 6.07 Å². The van der Waals surface area contributed by atoms with Crippen LogP contribution in [0, 0.1) is 0 Å². The molecule has 1 unspecified atom stereocenters. The van der Waals surface area contributed by atoms with Crippen LogP contribution < -0.4 is 4.74 Å². The first-order chi connectivity index (χ1) is 8.75. The molecule has 3 nitrogen and oxygen atoms in total. The van der Waals surface area contributed by atoms with Gasteiger partial charge in [0.1, 0.15) is 5.75 Å². The van der Waals surface area contributed by atoms with Crippen molar-refractivity contribution < 1.29 is 9.84 Å². The Morgan fingerprint density at radius 1 is 1.28 bits per heavy atom. The summed E-state index contributed by atoms with van der Waals surface area (Å²) < 4.78 is 5.67. The number of hydrogen-bond acceptors (Lipinski definition) is 3. The molecule has 0 radical (unpaired) electrons. The van der Waals surface area contributed by atoms with Crippen molar-refractivity contribution in [2.24, 2.45) is 0 Å². The molecule has 0 amide bonds. The lowest BCUT2D eigenvalue weighted by Crippen LogP contribution is -2.02. The van der Waals surface area contributed by atoms with E-state index in [0.29, 0.717) is 6.61 Å². The van der Waals surface area contributed by atoms with E-state index >= 15 is 0 Å². The molecule has 3 heteroatoms. The third kappa shape index (κ3) is 3.70. The highest BCUT2D eigenvalue weighted by atomic mass is 16.5. The van der Waals surface area contributed by atoms with Gasteiger partial charge in [-0.15, -0.1) is 0 Å². The zero-order valence-corrected chi connectivity index (χ0v) is 10.7. The van der Waals surface area contributed by atoms with Gasteiger partial charge in [-0.2, -0.15) is 0 Å². The van der Waals surface area contributed by atoms with Crippen molar-refractivity contribution in [1.29, 1.82) is 0 Å².